The summed E-state index contributed by atoms with van der Waals surface area (Å²) in [4.78, 5) is 7.16. The summed E-state index contributed by atoms with van der Waals surface area (Å²) < 4.78 is 49.8. The number of aromatic nitrogens is 2. The molecule has 8 nitrogen and oxygen atoms in total. The molecule has 2 aromatic heterocycles. The van der Waals surface area contributed by atoms with Crippen molar-refractivity contribution in [2.24, 2.45) is 0 Å². The number of piperazine rings is 1. The highest BCUT2D eigenvalue weighted by molar-refractivity contribution is 7.89. The largest absolute Gasteiger partial charge is 0.494 e. The number of benzene rings is 3. The van der Waals surface area contributed by atoms with Gasteiger partial charge >= 0.3 is 0 Å². The van der Waals surface area contributed by atoms with E-state index in [4.69, 9.17) is 9.72 Å². The molecule has 43 heavy (non-hydrogen) atoms. The van der Waals surface area contributed by atoms with Crippen LogP contribution < -0.4 is 4.74 Å². The maximum Gasteiger partial charge on any atom is 0.244 e. The summed E-state index contributed by atoms with van der Waals surface area (Å²) in [6, 6.07) is 26.5. The van der Waals surface area contributed by atoms with Crippen LogP contribution in [0.1, 0.15) is 18.2 Å². The predicted molar refractivity (Wildman–Crippen MR) is 162 cm³/mol. The molecule has 1 fully saturated rings. The number of imidazole rings is 1. The third-order valence-electron chi connectivity index (χ3n) is 7.64. The van der Waals surface area contributed by atoms with Crippen molar-refractivity contribution in [3.8, 4) is 34.2 Å². The van der Waals surface area contributed by atoms with E-state index in [1.54, 1.807) is 24.3 Å². The molecule has 1 saturated heterocycles. The minimum Gasteiger partial charge on any atom is -0.494 e. The molecule has 0 N–H and O–H groups in total. The standard InChI is InChI=1S/C33H30FN5O3S/c1-2-42-29-8-5-7-25(20-29)27-12-15-32-36-33(24-10-13-28(34)14-11-24)30(39(32)22-27)23-37-16-18-38(19-17-37)43(40,41)31-9-4-3-6-26(31)21-35/h3-15,20,22H,2,16-19,23H2,1H3. The smallest absolute Gasteiger partial charge is 0.244 e. The van der Waals surface area contributed by atoms with E-state index in [0.717, 1.165) is 39.5 Å². The van der Waals surface area contributed by atoms with Crippen LogP contribution in [0, 0.1) is 17.1 Å². The van der Waals surface area contributed by atoms with Gasteiger partial charge in [0.25, 0.3) is 0 Å². The van der Waals surface area contributed by atoms with Crippen molar-refractivity contribution in [1.82, 2.24) is 18.6 Å². The maximum absolute atomic E-state index is 13.8. The number of hydrogen-bond donors (Lipinski definition) is 0. The van der Waals surface area contributed by atoms with Crippen LogP contribution in [0.5, 0.6) is 5.75 Å². The van der Waals surface area contributed by atoms with E-state index in [1.165, 1.54) is 28.6 Å². The molecule has 1 aliphatic heterocycles. The zero-order valence-corrected chi connectivity index (χ0v) is 24.5. The topological polar surface area (TPSA) is 90.9 Å². The van der Waals surface area contributed by atoms with Gasteiger partial charge in [0.2, 0.25) is 10.0 Å². The zero-order chi connectivity index (χ0) is 30.0. The quantitative estimate of drug-likeness (QED) is 0.233. The highest BCUT2D eigenvalue weighted by Crippen LogP contribution is 2.30. The summed E-state index contributed by atoms with van der Waals surface area (Å²) in [5.41, 5.74) is 5.37. The Hall–Kier alpha value is -4.56. The Morgan fingerprint density at radius 1 is 0.907 bits per heavy atom. The van der Waals surface area contributed by atoms with Crippen LogP contribution in [0.4, 0.5) is 4.39 Å². The highest BCUT2D eigenvalue weighted by atomic mass is 32.2. The lowest BCUT2D eigenvalue weighted by atomic mass is 10.1. The number of hydrogen-bond acceptors (Lipinski definition) is 6. The SMILES string of the molecule is CCOc1cccc(-c2ccc3nc(-c4ccc(F)cc4)c(CN4CCN(S(=O)(=O)c5ccccc5C#N)CC4)n3c2)c1. The molecule has 0 unspecified atom stereocenters. The molecule has 0 atom stereocenters. The van der Waals surface area contributed by atoms with Gasteiger partial charge in [-0.05, 0) is 78.7 Å². The summed E-state index contributed by atoms with van der Waals surface area (Å²) in [6.07, 6.45) is 2.05. The summed E-state index contributed by atoms with van der Waals surface area (Å²) >= 11 is 0. The van der Waals surface area contributed by atoms with Crippen LogP contribution in [0.25, 0.3) is 28.0 Å². The average molecular weight is 596 g/mol. The molecular weight excluding hydrogens is 565 g/mol. The van der Waals surface area contributed by atoms with E-state index in [9.17, 15) is 18.1 Å². The minimum atomic E-state index is -3.80. The van der Waals surface area contributed by atoms with Crippen LogP contribution in [-0.4, -0.2) is 59.8 Å². The summed E-state index contributed by atoms with van der Waals surface area (Å²) in [5, 5.41) is 9.44. The second-order valence-corrected chi connectivity index (χ2v) is 12.2. The van der Waals surface area contributed by atoms with Crippen LogP contribution in [0.3, 0.4) is 0 Å². The van der Waals surface area contributed by atoms with Gasteiger partial charge in [0.15, 0.2) is 0 Å². The summed E-state index contributed by atoms with van der Waals surface area (Å²) in [5.74, 6) is 0.476. The van der Waals surface area contributed by atoms with Gasteiger partial charge in [-0.1, -0.05) is 24.3 Å². The lowest BCUT2D eigenvalue weighted by Crippen LogP contribution is -2.48. The molecular formula is C33H30FN5O3S. The molecule has 0 spiro atoms. The van der Waals surface area contributed by atoms with Gasteiger partial charge in [-0.2, -0.15) is 9.57 Å². The Morgan fingerprint density at radius 3 is 2.40 bits per heavy atom. The van der Waals surface area contributed by atoms with Gasteiger partial charge in [0.1, 0.15) is 23.3 Å². The first-order valence-corrected chi connectivity index (χ1v) is 15.5. The van der Waals surface area contributed by atoms with E-state index < -0.39 is 10.0 Å². The van der Waals surface area contributed by atoms with Crippen molar-refractivity contribution >= 4 is 15.7 Å². The Bertz CT molecular complexity index is 1920. The number of fused-ring (bicyclic) bond motifs is 1. The second-order valence-electron chi connectivity index (χ2n) is 10.3. The molecule has 6 rings (SSSR count). The number of sulfonamides is 1. The monoisotopic (exact) mass is 595 g/mol. The molecule has 3 aromatic carbocycles. The minimum absolute atomic E-state index is 0.0345. The van der Waals surface area contributed by atoms with E-state index >= 15 is 0 Å². The zero-order valence-electron chi connectivity index (χ0n) is 23.6. The van der Waals surface area contributed by atoms with Gasteiger partial charge in [0, 0.05) is 44.5 Å². The lowest BCUT2D eigenvalue weighted by Gasteiger charge is -2.34. The van der Waals surface area contributed by atoms with Crippen molar-refractivity contribution in [3.63, 3.8) is 0 Å². The fraction of sp³-hybridized carbons (Fsp3) is 0.212. The van der Waals surface area contributed by atoms with Gasteiger partial charge in [0.05, 0.1) is 28.5 Å². The molecule has 0 saturated carbocycles. The summed E-state index contributed by atoms with van der Waals surface area (Å²) in [6.45, 7) is 4.63. The van der Waals surface area contributed by atoms with Crippen LogP contribution in [0.2, 0.25) is 0 Å². The Kier molecular flexibility index (Phi) is 7.95. The number of rotatable bonds is 8. The Labute approximate surface area is 250 Å². The molecule has 3 heterocycles. The van der Waals surface area contributed by atoms with Gasteiger partial charge in [-0.15, -0.1) is 0 Å². The molecule has 0 amide bonds. The van der Waals surface area contributed by atoms with Gasteiger partial charge < -0.3 is 9.14 Å². The number of nitriles is 1. The van der Waals surface area contributed by atoms with Crippen LogP contribution in [0.15, 0.2) is 96.0 Å². The van der Waals surface area contributed by atoms with E-state index in [1.807, 2.05) is 49.4 Å². The number of pyridine rings is 1. The maximum atomic E-state index is 13.8. The average Bonchev–Trinajstić information content (AvgIpc) is 3.39. The first-order chi connectivity index (χ1) is 20.9. The molecule has 0 bridgehead atoms. The first kappa shape index (κ1) is 28.6. The normalized spacial score (nSPS) is 14.5. The van der Waals surface area contributed by atoms with Crippen molar-refractivity contribution < 1.29 is 17.5 Å². The van der Waals surface area contributed by atoms with Crippen molar-refractivity contribution in [2.75, 3.05) is 32.8 Å². The molecule has 0 aliphatic carbocycles. The predicted octanol–water partition coefficient (Wildman–Crippen LogP) is 5.58. The number of nitrogens with zero attached hydrogens (tertiary/aromatic N) is 5. The van der Waals surface area contributed by atoms with Crippen molar-refractivity contribution in [3.05, 3.63) is 108 Å². The van der Waals surface area contributed by atoms with E-state index in [0.29, 0.717) is 39.3 Å². The molecule has 10 heteroatoms. The first-order valence-electron chi connectivity index (χ1n) is 14.1. The second kappa shape index (κ2) is 12.0. The van der Waals surface area contributed by atoms with Crippen LogP contribution >= 0.6 is 0 Å². The lowest BCUT2D eigenvalue weighted by molar-refractivity contribution is 0.180. The van der Waals surface area contributed by atoms with Crippen molar-refractivity contribution in [1.29, 1.82) is 5.26 Å². The van der Waals surface area contributed by atoms with E-state index in [-0.39, 0.29) is 16.3 Å². The molecule has 0 radical (unpaired) electrons. The highest BCUT2D eigenvalue weighted by Gasteiger charge is 2.31. The van der Waals surface area contributed by atoms with Crippen LogP contribution in [-0.2, 0) is 16.6 Å². The molecule has 5 aromatic rings. The molecule has 218 valence electrons. The van der Waals surface area contributed by atoms with Crippen molar-refractivity contribution in [2.45, 2.75) is 18.4 Å². The fourth-order valence-electron chi connectivity index (χ4n) is 5.45. The van der Waals surface area contributed by atoms with E-state index in [2.05, 4.69) is 15.5 Å². The van der Waals surface area contributed by atoms with Gasteiger partial charge in [-0.3, -0.25) is 4.90 Å². The third kappa shape index (κ3) is 5.75. The molecule has 1 aliphatic rings. The third-order valence-corrected chi connectivity index (χ3v) is 9.60. The number of ether oxygens (including phenoxy) is 1. The Morgan fingerprint density at radius 2 is 1.65 bits per heavy atom. The Balaban J connectivity index is 1.32. The summed E-state index contributed by atoms with van der Waals surface area (Å²) in [7, 11) is -3.80. The fourth-order valence-corrected chi connectivity index (χ4v) is 7.01. The number of halogens is 1. The van der Waals surface area contributed by atoms with Gasteiger partial charge in [-0.25, -0.2) is 17.8 Å².